The quantitative estimate of drug-likeness (QED) is 0.418. The Kier molecular flexibility index (Phi) is 6.15. The second-order valence-electron chi connectivity index (χ2n) is 9.43. The van der Waals surface area contributed by atoms with Gasteiger partial charge in [0, 0.05) is 17.3 Å². The van der Waals surface area contributed by atoms with E-state index in [0.29, 0.717) is 24.6 Å². The third kappa shape index (κ3) is 5.06. The van der Waals surface area contributed by atoms with Crippen molar-refractivity contribution < 1.29 is 19.1 Å². The molecule has 0 spiro atoms. The molecule has 0 bridgehead atoms. The van der Waals surface area contributed by atoms with E-state index >= 15 is 0 Å². The average Bonchev–Trinajstić information content (AvgIpc) is 3.52. The Labute approximate surface area is 208 Å². The van der Waals surface area contributed by atoms with Crippen molar-refractivity contribution in [3.8, 4) is 16.9 Å². The molecule has 9 nitrogen and oxygen atoms in total. The highest BCUT2D eigenvalue weighted by Crippen LogP contribution is 2.36. The van der Waals surface area contributed by atoms with E-state index in [1.54, 1.807) is 36.7 Å². The third-order valence-corrected chi connectivity index (χ3v) is 5.94. The molecule has 0 aliphatic carbocycles. The van der Waals surface area contributed by atoms with Crippen molar-refractivity contribution in [3.63, 3.8) is 0 Å². The van der Waals surface area contributed by atoms with E-state index in [1.165, 1.54) is 6.39 Å². The van der Waals surface area contributed by atoms with Crippen LogP contribution in [-0.4, -0.2) is 43.7 Å². The van der Waals surface area contributed by atoms with Crippen molar-refractivity contribution in [1.29, 1.82) is 0 Å². The smallest absolute Gasteiger partial charge is 0.243 e. The minimum absolute atomic E-state index is 0.0797. The molecule has 184 valence electrons. The monoisotopic (exact) mass is 485 g/mol. The zero-order chi connectivity index (χ0) is 25.3. The number of carbonyl (C=O) groups is 1. The first-order valence-electron chi connectivity index (χ1n) is 11.6. The highest BCUT2D eigenvalue weighted by atomic mass is 16.5. The zero-order valence-electron chi connectivity index (χ0n) is 20.4. The van der Waals surface area contributed by atoms with Crippen molar-refractivity contribution in [1.82, 2.24) is 20.0 Å². The molecule has 4 aromatic rings. The highest BCUT2D eigenvalue weighted by Gasteiger charge is 2.26. The maximum Gasteiger partial charge on any atom is 0.243 e. The fourth-order valence-corrected chi connectivity index (χ4v) is 4.24. The van der Waals surface area contributed by atoms with Crippen LogP contribution in [0.4, 0.5) is 5.69 Å². The topological polar surface area (TPSA) is 107 Å². The van der Waals surface area contributed by atoms with E-state index in [-0.39, 0.29) is 12.3 Å². The first-order valence-corrected chi connectivity index (χ1v) is 11.6. The summed E-state index contributed by atoms with van der Waals surface area (Å²) >= 11 is 0. The predicted molar refractivity (Wildman–Crippen MR) is 135 cm³/mol. The Morgan fingerprint density at radius 3 is 2.64 bits per heavy atom. The summed E-state index contributed by atoms with van der Waals surface area (Å²) in [6, 6.07) is 13.6. The number of rotatable bonds is 7. The maximum absolute atomic E-state index is 13.5. The third-order valence-electron chi connectivity index (χ3n) is 5.94. The van der Waals surface area contributed by atoms with Gasteiger partial charge >= 0.3 is 0 Å². The number of carbonyl (C=O) groups excluding carboxylic acids is 1. The van der Waals surface area contributed by atoms with Gasteiger partial charge in [-0.25, -0.2) is 0 Å². The van der Waals surface area contributed by atoms with E-state index in [1.807, 2.05) is 54.7 Å². The van der Waals surface area contributed by atoms with Crippen LogP contribution < -0.4 is 9.64 Å². The van der Waals surface area contributed by atoms with Gasteiger partial charge in [-0.15, -0.1) is 10.2 Å². The Morgan fingerprint density at radius 1 is 1.14 bits per heavy atom. The van der Waals surface area contributed by atoms with E-state index in [9.17, 15) is 9.90 Å². The van der Waals surface area contributed by atoms with Crippen LogP contribution in [0.5, 0.6) is 5.75 Å². The molecule has 2 aromatic carbocycles. The average molecular weight is 486 g/mol. The molecule has 0 unspecified atom stereocenters. The van der Waals surface area contributed by atoms with Gasteiger partial charge in [-0.1, -0.05) is 24.3 Å². The summed E-state index contributed by atoms with van der Waals surface area (Å²) in [6.45, 7) is 4.25. The summed E-state index contributed by atoms with van der Waals surface area (Å²) < 4.78 is 12.4. The number of anilines is 1. The van der Waals surface area contributed by atoms with Gasteiger partial charge in [0.2, 0.25) is 18.2 Å². The number of ether oxygens (including phenoxy) is 1. The number of amides is 1. The van der Waals surface area contributed by atoms with Crippen molar-refractivity contribution in [2.24, 2.45) is 0 Å². The number of fused-ring (bicyclic) bond motifs is 1. The summed E-state index contributed by atoms with van der Waals surface area (Å²) in [5.41, 5.74) is 4.21. The number of aromatic nitrogens is 4. The van der Waals surface area contributed by atoms with E-state index < -0.39 is 5.60 Å². The summed E-state index contributed by atoms with van der Waals surface area (Å²) in [5, 5.41) is 22.3. The van der Waals surface area contributed by atoms with Crippen molar-refractivity contribution in [3.05, 3.63) is 78.3 Å². The zero-order valence-corrected chi connectivity index (χ0v) is 20.4. The minimum Gasteiger partial charge on any atom is -0.497 e. The lowest BCUT2D eigenvalue weighted by Gasteiger charge is -2.24. The molecule has 0 saturated heterocycles. The molecular formula is C27H27N5O4. The van der Waals surface area contributed by atoms with Crippen LogP contribution in [0.2, 0.25) is 0 Å². The molecule has 0 saturated carbocycles. The van der Waals surface area contributed by atoms with E-state index in [2.05, 4.69) is 15.3 Å². The number of aliphatic hydroxyl groups is 1. The molecule has 36 heavy (non-hydrogen) atoms. The molecule has 2 aromatic heterocycles. The second-order valence-corrected chi connectivity index (χ2v) is 9.43. The number of hydrogen-bond acceptors (Lipinski definition) is 7. The summed E-state index contributed by atoms with van der Waals surface area (Å²) in [4.78, 5) is 15.3. The SMILES string of the molecule is COc1ccc(CN2C(=O)CC(c3nnco3)=Cc3ccc(-c4cnn(CC(C)(C)O)c4)cc32)cc1. The van der Waals surface area contributed by atoms with Gasteiger partial charge in [0.05, 0.1) is 44.1 Å². The van der Waals surface area contributed by atoms with Gasteiger partial charge in [0.15, 0.2) is 0 Å². The predicted octanol–water partition coefficient (Wildman–Crippen LogP) is 4.19. The molecule has 1 amide bonds. The molecule has 3 heterocycles. The Morgan fingerprint density at radius 2 is 1.94 bits per heavy atom. The van der Waals surface area contributed by atoms with E-state index in [4.69, 9.17) is 9.15 Å². The molecule has 0 radical (unpaired) electrons. The fourth-order valence-electron chi connectivity index (χ4n) is 4.24. The van der Waals surface area contributed by atoms with Crippen molar-refractivity contribution in [2.45, 2.75) is 39.0 Å². The van der Waals surface area contributed by atoms with Gasteiger partial charge in [-0.05, 0) is 54.8 Å². The van der Waals surface area contributed by atoms with Gasteiger partial charge < -0.3 is 19.2 Å². The summed E-state index contributed by atoms with van der Waals surface area (Å²) in [5.74, 6) is 1.01. The Hall–Kier alpha value is -4.24. The first-order chi connectivity index (χ1) is 17.3. The normalized spacial score (nSPS) is 13.8. The van der Waals surface area contributed by atoms with Crippen LogP contribution in [0.25, 0.3) is 22.8 Å². The van der Waals surface area contributed by atoms with Crippen LogP contribution in [0.1, 0.15) is 37.3 Å². The van der Waals surface area contributed by atoms with Crippen molar-refractivity contribution >= 4 is 23.2 Å². The first kappa shape index (κ1) is 23.5. The lowest BCUT2D eigenvalue weighted by Crippen LogP contribution is -2.30. The van der Waals surface area contributed by atoms with Gasteiger partial charge in [0.1, 0.15) is 5.75 Å². The number of nitrogens with zero attached hydrogens (tertiary/aromatic N) is 5. The summed E-state index contributed by atoms with van der Waals surface area (Å²) in [7, 11) is 1.62. The number of hydrogen-bond donors (Lipinski definition) is 1. The van der Waals surface area contributed by atoms with Crippen LogP contribution >= 0.6 is 0 Å². The molecule has 5 rings (SSSR count). The largest absolute Gasteiger partial charge is 0.497 e. The van der Waals surface area contributed by atoms with Crippen LogP contribution in [0.3, 0.4) is 0 Å². The summed E-state index contributed by atoms with van der Waals surface area (Å²) in [6.07, 6.45) is 6.98. The molecule has 1 aliphatic rings. The molecule has 1 N–H and O–H groups in total. The molecule has 1 aliphatic heterocycles. The fraction of sp³-hybridized carbons (Fsp3) is 0.259. The molecule has 0 fully saturated rings. The highest BCUT2D eigenvalue weighted by molar-refractivity contribution is 6.06. The molecule has 9 heteroatoms. The van der Waals surface area contributed by atoms with E-state index in [0.717, 1.165) is 33.7 Å². The van der Waals surface area contributed by atoms with Crippen molar-refractivity contribution in [2.75, 3.05) is 12.0 Å². The van der Waals surface area contributed by atoms with Crippen LogP contribution in [0, 0.1) is 0 Å². The van der Waals surface area contributed by atoms with Gasteiger partial charge in [-0.3, -0.25) is 9.48 Å². The lowest BCUT2D eigenvalue weighted by molar-refractivity contribution is -0.117. The maximum atomic E-state index is 13.5. The second kappa shape index (κ2) is 9.43. The van der Waals surface area contributed by atoms with Crippen LogP contribution in [-0.2, 0) is 17.9 Å². The molecular weight excluding hydrogens is 458 g/mol. The minimum atomic E-state index is -0.880. The lowest BCUT2D eigenvalue weighted by atomic mass is 10.0. The van der Waals surface area contributed by atoms with Gasteiger partial charge in [-0.2, -0.15) is 5.10 Å². The Bertz CT molecular complexity index is 1400. The molecule has 0 atom stereocenters. The standard InChI is InChI=1S/C27H27N5O4/c1-27(2,34)16-31-15-22(13-29-31)19-6-7-20-10-21(26-30-28-17-36-26)12-25(33)32(24(20)11-19)14-18-4-8-23(35-3)9-5-18/h4-11,13,15,17,34H,12,14,16H2,1-3H3. The number of methoxy groups -OCH3 is 1. The van der Waals surface area contributed by atoms with Gasteiger partial charge in [0.25, 0.3) is 0 Å². The van der Waals surface area contributed by atoms with Crippen LogP contribution in [0.15, 0.2) is 65.7 Å². The Balaban J connectivity index is 1.55. The number of benzene rings is 2.